The molecule has 1 N–H and O–H groups in total. The summed E-state index contributed by atoms with van der Waals surface area (Å²) in [5.74, 6) is -0.120. The highest BCUT2D eigenvalue weighted by atomic mass is 19.4. The number of alkyl halides is 3. The summed E-state index contributed by atoms with van der Waals surface area (Å²) in [6.45, 7) is 3.60. The van der Waals surface area contributed by atoms with Crippen LogP contribution in [0.3, 0.4) is 0 Å². The Hall–Kier alpha value is -2.21. The summed E-state index contributed by atoms with van der Waals surface area (Å²) in [5.41, 5.74) is 2.55. The number of hydrogen-bond acceptors (Lipinski definition) is 3. The third-order valence-corrected chi connectivity index (χ3v) is 6.36. The van der Waals surface area contributed by atoms with Crippen LogP contribution < -0.4 is 0 Å². The molecule has 8 heteroatoms. The number of halogens is 3. The second-order valence-electron chi connectivity index (χ2n) is 8.69. The molecule has 2 aromatic rings. The van der Waals surface area contributed by atoms with E-state index in [2.05, 4.69) is 5.16 Å². The van der Waals surface area contributed by atoms with Crippen LogP contribution in [-0.2, 0) is 29.4 Å². The zero-order valence-electron chi connectivity index (χ0n) is 19.1. The monoisotopic (exact) mass is 453 g/mol. The Morgan fingerprint density at radius 1 is 1.06 bits per heavy atom. The lowest BCUT2D eigenvalue weighted by atomic mass is 9.61. The van der Waals surface area contributed by atoms with Gasteiger partial charge in [0.1, 0.15) is 15.7 Å². The van der Waals surface area contributed by atoms with E-state index in [0.717, 1.165) is 61.3 Å². The quantitative estimate of drug-likeness (QED) is 0.332. The molecule has 0 bridgehead atoms. The summed E-state index contributed by atoms with van der Waals surface area (Å²) < 4.78 is 41.6. The van der Waals surface area contributed by atoms with E-state index in [1.807, 2.05) is 13.0 Å². The molecule has 1 aliphatic carbocycles. The van der Waals surface area contributed by atoms with Gasteiger partial charge in [-0.3, -0.25) is 0 Å². The van der Waals surface area contributed by atoms with Crippen LogP contribution in [0.2, 0.25) is 0 Å². The van der Waals surface area contributed by atoms with Crippen molar-refractivity contribution < 1.29 is 23.1 Å². The highest BCUT2D eigenvalue weighted by molar-refractivity contribution is 6.38. The Balaban J connectivity index is 1.87. The second kappa shape index (κ2) is 10.4. The molecular formula is C25H28B2F3NO2. The predicted molar refractivity (Wildman–Crippen MR) is 125 cm³/mol. The smallest absolute Gasteiger partial charge is 0.405 e. The number of benzene rings is 2. The van der Waals surface area contributed by atoms with Gasteiger partial charge in [-0.2, -0.15) is 13.2 Å². The zero-order valence-corrected chi connectivity index (χ0v) is 19.1. The number of aliphatic hydroxyl groups is 1. The Labute approximate surface area is 196 Å². The number of nitrogens with zero attached hydrogens (tertiary/aromatic N) is 1. The Morgan fingerprint density at radius 2 is 1.76 bits per heavy atom. The number of hydrogen-bond donors (Lipinski definition) is 1. The number of aryl methyl sites for hydroxylation is 1. The van der Waals surface area contributed by atoms with Crippen molar-refractivity contribution in [3.8, 4) is 0 Å². The van der Waals surface area contributed by atoms with Gasteiger partial charge in [0.25, 0.3) is 0 Å². The molecule has 0 spiro atoms. The molecule has 3 rings (SSSR count). The minimum Gasteiger partial charge on any atom is -0.405 e. The average Bonchev–Trinajstić information content (AvgIpc) is 2.81. The summed E-state index contributed by atoms with van der Waals surface area (Å²) in [5, 5.41) is 11.4. The van der Waals surface area contributed by atoms with Gasteiger partial charge in [-0.1, -0.05) is 55.6 Å². The molecule has 3 nitrogen and oxygen atoms in total. The van der Waals surface area contributed by atoms with Crippen molar-refractivity contribution in [2.24, 2.45) is 5.16 Å². The van der Waals surface area contributed by atoms with Gasteiger partial charge >= 0.3 is 6.18 Å². The molecule has 172 valence electrons. The van der Waals surface area contributed by atoms with Crippen molar-refractivity contribution >= 4 is 21.4 Å². The summed E-state index contributed by atoms with van der Waals surface area (Å²) in [7, 11) is 12.1. The molecule has 0 unspecified atom stereocenters. The topological polar surface area (TPSA) is 41.8 Å². The first kappa shape index (κ1) is 25.4. The van der Waals surface area contributed by atoms with Crippen molar-refractivity contribution in [3.05, 3.63) is 69.8 Å². The van der Waals surface area contributed by atoms with Gasteiger partial charge < -0.3 is 9.94 Å². The largest absolute Gasteiger partial charge is 0.416 e. The first-order chi connectivity index (χ1) is 15.6. The molecule has 1 fully saturated rings. The highest BCUT2D eigenvalue weighted by Gasteiger charge is 2.37. The van der Waals surface area contributed by atoms with Crippen molar-refractivity contribution in [1.82, 2.24) is 0 Å². The van der Waals surface area contributed by atoms with E-state index in [-0.39, 0.29) is 23.7 Å². The summed E-state index contributed by atoms with van der Waals surface area (Å²) in [6, 6.07) is 9.41. The Morgan fingerprint density at radius 3 is 2.36 bits per heavy atom. The maximum Gasteiger partial charge on any atom is 0.416 e. The summed E-state index contributed by atoms with van der Waals surface area (Å²) in [4.78, 5) is 5.34. The molecule has 0 heterocycles. The molecule has 0 aromatic heterocycles. The average molecular weight is 453 g/mol. The summed E-state index contributed by atoms with van der Waals surface area (Å²) >= 11 is 0. The normalized spacial score (nSPS) is 16.1. The maximum atomic E-state index is 13.9. The molecule has 1 aliphatic rings. The van der Waals surface area contributed by atoms with E-state index in [9.17, 15) is 18.3 Å². The first-order valence-electron chi connectivity index (χ1n) is 11.3. The molecule has 33 heavy (non-hydrogen) atoms. The van der Waals surface area contributed by atoms with Gasteiger partial charge in [-0.15, -0.1) is 0 Å². The number of oxime groups is 1. The minimum atomic E-state index is -4.52. The molecule has 1 saturated carbocycles. The maximum absolute atomic E-state index is 13.9. The van der Waals surface area contributed by atoms with E-state index in [1.165, 1.54) is 12.1 Å². The molecular weight excluding hydrogens is 425 g/mol. The van der Waals surface area contributed by atoms with Crippen molar-refractivity contribution in [2.75, 3.05) is 0 Å². The standard InChI is InChI=1S/C25H28B2F3NO2/c1-3-17-13-19(9-10-20(17)15-32)16(2)31-33-24(26,27)21-11-12-22(18-7-5-4-6-8-18)23(14-21)25(28,29)30/h9-14,18,32H,3-8,15H2,1-2H3/b31-16+. The molecule has 0 saturated heterocycles. The number of aliphatic hydroxyl groups excluding tert-OH is 1. The lowest BCUT2D eigenvalue weighted by Gasteiger charge is -2.29. The van der Waals surface area contributed by atoms with Crippen LogP contribution in [0.15, 0.2) is 41.6 Å². The molecule has 0 aliphatic heterocycles. The fourth-order valence-electron chi connectivity index (χ4n) is 4.40. The van der Waals surface area contributed by atoms with Crippen molar-refractivity contribution in [3.63, 3.8) is 0 Å². The van der Waals surface area contributed by atoms with Gasteiger partial charge in [-0.05, 0) is 72.1 Å². The van der Waals surface area contributed by atoms with E-state index < -0.39 is 17.1 Å². The van der Waals surface area contributed by atoms with Gasteiger partial charge in [0.2, 0.25) is 0 Å². The third kappa shape index (κ3) is 6.03. The molecule has 0 atom stereocenters. The first-order valence-corrected chi connectivity index (χ1v) is 11.3. The fourth-order valence-corrected chi connectivity index (χ4v) is 4.40. The fraction of sp³-hybridized carbons (Fsp3) is 0.480. The summed E-state index contributed by atoms with van der Waals surface area (Å²) in [6.07, 6.45) is 0.598. The Bertz CT molecular complexity index is 1000. The van der Waals surface area contributed by atoms with Crippen molar-refractivity contribution in [1.29, 1.82) is 0 Å². The van der Waals surface area contributed by atoms with Crippen LogP contribution in [0.5, 0.6) is 0 Å². The second-order valence-corrected chi connectivity index (χ2v) is 8.69. The van der Waals surface area contributed by atoms with Gasteiger partial charge in [0.05, 0.1) is 23.3 Å². The Kier molecular flexibility index (Phi) is 7.99. The molecule has 2 aromatic carbocycles. The molecule has 0 amide bonds. The van der Waals surface area contributed by atoms with Gasteiger partial charge in [0, 0.05) is 0 Å². The third-order valence-electron chi connectivity index (χ3n) is 6.36. The molecule has 4 radical (unpaired) electrons. The highest BCUT2D eigenvalue weighted by Crippen LogP contribution is 2.42. The van der Waals surface area contributed by atoms with Crippen LogP contribution in [0.25, 0.3) is 0 Å². The predicted octanol–water partition coefficient (Wildman–Crippen LogP) is 5.70. The van der Waals surface area contributed by atoms with Gasteiger partial charge in [0.15, 0.2) is 0 Å². The van der Waals surface area contributed by atoms with Crippen LogP contribution in [0.4, 0.5) is 13.2 Å². The lowest BCUT2D eigenvalue weighted by Crippen LogP contribution is -2.30. The zero-order chi connectivity index (χ0) is 24.2. The van der Waals surface area contributed by atoms with Crippen LogP contribution >= 0.6 is 0 Å². The van der Waals surface area contributed by atoms with Gasteiger partial charge in [-0.25, -0.2) is 0 Å². The van der Waals surface area contributed by atoms with E-state index in [1.54, 1.807) is 19.1 Å². The minimum absolute atomic E-state index is 0.00388. The van der Waals surface area contributed by atoms with Crippen LogP contribution in [0, 0.1) is 0 Å². The SMILES string of the molecule is [B]C([B])(O/N=C(\C)c1ccc(CO)c(CC)c1)c1ccc(C2CCCCC2)c(C(F)(F)F)c1. The van der Waals surface area contributed by atoms with E-state index >= 15 is 0 Å². The van der Waals surface area contributed by atoms with Crippen LogP contribution in [0.1, 0.15) is 85.3 Å². The van der Waals surface area contributed by atoms with E-state index in [0.29, 0.717) is 5.71 Å². The van der Waals surface area contributed by atoms with Crippen molar-refractivity contribution in [2.45, 2.75) is 76.5 Å². The lowest BCUT2D eigenvalue weighted by molar-refractivity contribution is -0.138. The van der Waals surface area contributed by atoms with E-state index in [4.69, 9.17) is 20.5 Å². The van der Waals surface area contributed by atoms with Crippen LogP contribution in [-0.4, -0.2) is 26.5 Å². The number of rotatable bonds is 7.